The van der Waals surface area contributed by atoms with Gasteiger partial charge < -0.3 is 19.4 Å². The summed E-state index contributed by atoms with van der Waals surface area (Å²) in [5.41, 5.74) is 0.891. The fraction of sp³-hybridized carbons (Fsp3) is 0.579. The Morgan fingerprint density at radius 1 is 1.29 bits per heavy atom. The van der Waals surface area contributed by atoms with E-state index in [1.54, 1.807) is 7.11 Å². The van der Waals surface area contributed by atoms with Crippen LogP contribution >= 0.6 is 36.4 Å². The van der Waals surface area contributed by atoms with Crippen molar-refractivity contribution in [1.29, 1.82) is 0 Å². The standard InChI is InChI=1S/C19H24ClN3O3.2ClH/c1-25-19(6-8-21-9-7-19)18(24)23-10-4-13(5-11-23)17-22-15-12-14(20)2-3-16(15)26-17;;/h2-3,12-13,21H,4-11H2,1H3;2*1H. The number of oxazole rings is 1. The van der Waals surface area contributed by atoms with E-state index in [9.17, 15) is 4.79 Å². The lowest BCUT2D eigenvalue weighted by atomic mass is 9.88. The molecule has 0 aliphatic carbocycles. The zero-order valence-corrected chi connectivity index (χ0v) is 18.2. The van der Waals surface area contributed by atoms with Gasteiger partial charge in [-0.25, -0.2) is 4.98 Å². The van der Waals surface area contributed by atoms with Gasteiger partial charge in [0.05, 0.1) is 0 Å². The highest BCUT2D eigenvalue weighted by atomic mass is 35.5. The fourth-order valence-electron chi connectivity index (χ4n) is 4.05. The normalized spacial score (nSPS) is 19.7. The van der Waals surface area contributed by atoms with Gasteiger partial charge in [0.2, 0.25) is 0 Å². The Kier molecular flexibility index (Phi) is 7.99. The summed E-state index contributed by atoms with van der Waals surface area (Å²) in [7, 11) is 1.65. The first-order chi connectivity index (χ1) is 12.6. The number of nitrogens with one attached hydrogen (secondary N) is 1. The molecule has 1 amide bonds. The Hall–Kier alpha value is -1.05. The zero-order valence-electron chi connectivity index (χ0n) is 15.8. The highest BCUT2D eigenvalue weighted by Crippen LogP contribution is 2.33. The number of carbonyl (C=O) groups is 1. The minimum atomic E-state index is -0.660. The topological polar surface area (TPSA) is 67.6 Å². The van der Waals surface area contributed by atoms with Gasteiger partial charge in [0, 0.05) is 31.1 Å². The molecule has 28 heavy (non-hydrogen) atoms. The Bertz CT molecular complexity index is 800. The number of ether oxygens (including phenoxy) is 1. The third kappa shape index (κ3) is 4.41. The Labute approximate surface area is 182 Å². The molecule has 4 rings (SSSR count). The van der Waals surface area contributed by atoms with E-state index in [0.29, 0.717) is 18.1 Å². The number of methoxy groups -OCH3 is 1. The zero-order chi connectivity index (χ0) is 18.1. The molecule has 6 nitrogen and oxygen atoms in total. The number of aromatic nitrogens is 1. The highest BCUT2D eigenvalue weighted by Gasteiger charge is 2.43. The van der Waals surface area contributed by atoms with Gasteiger partial charge in [-0.15, -0.1) is 24.8 Å². The number of carbonyl (C=O) groups excluding carboxylic acids is 1. The fourth-order valence-corrected chi connectivity index (χ4v) is 4.21. The predicted molar refractivity (Wildman–Crippen MR) is 114 cm³/mol. The molecule has 2 fully saturated rings. The summed E-state index contributed by atoms with van der Waals surface area (Å²) in [6.07, 6.45) is 3.16. The van der Waals surface area contributed by atoms with E-state index < -0.39 is 5.60 Å². The number of fused-ring (bicyclic) bond motifs is 1. The van der Waals surface area contributed by atoms with Crippen molar-refractivity contribution in [2.75, 3.05) is 33.3 Å². The molecule has 9 heteroatoms. The SMILES string of the molecule is COC1(C(=O)N2CCC(c3nc4cc(Cl)ccc4o3)CC2)CCNCC1.Cl.Cl. The van der Waals surface area contributed by atoms with Crippen LogP contribution in [-0.4, -0.2) is 54.7 Å². The maximum absolute atomic E-state index is 13.0. The molecule has 2 aromatic rings. The number of likely N-dealkylation sites (tertiary alicyclic amines) is 1. The van der Waals surface area contributed by atoms with E-state index in [-0.39, 0.29) is 36.6 Å². The number of hydrogen-bond acceptors (Lipinski definition) is 5. The number of halogens is 3. The third-order valence-corrected chi connectivity index (χ3v) is 5.92. The van der Waals surface area contributed by atoms with Crippen molar-refractivity contribution < 1.29 is 13.9 Å². The average molecular weight is 451 g/mol. The van der Waals surface area contributed by atoms with Gasteiger partial charge in [0.15, 0.2) is 11.5 Å². The molecule has 0 unspecified atom stereocenters. The monoisotopic (exact) mass is 449 g/mol. The number of benzene rings is 1. The van der Waals surface area contributed by atoms with E-state index in [1.165, 1.54) is 0 Å². The molecule has 2 aliphatic rings. The van der Waals surface area contributed by atoms with E-state index >= 15 is 0 Å². The molecule has 1 aromatic carbocycles. The molecule has 3 heterocycles. The summed E-state index contributed by atoms with van der Waals surface area (Å²) in [5, 5.41) is 3.95. The summed E-state index contributed by atoms with van der Waals surface area (Å²) >= 11 is 6.03. The Balaban J connectivity index is 0.00000140. The minimum absolute atomic E-state index is 0. The molecule has 0 saturated carbocycles. The number of rotatable bonds is 3. The van der Waals surface area contributed by atoms with Gasteiger partial charge >= 0.3 is 0 Å². The summed E-state index contributed by atoms with van der Waals surface area (Å²) in [6, 6.07) is 5.48. The van der Waals surface area contributed by atoms with Crippen LogP contribution in [0.1, 0.15) is 37.5 Å². The Morgan fingerprint density at radius 2 is 1.96 bits per heavy atom. The van der Waals surface area contributed by atoms with Crippen molar-refractivity contribution in [2.45, 2.75) is 37.2 Å². The van der Waals surface area contributed by atoms with Gasteiger partial charge in [0.1, 0.15) is 11.1 Å². The van der Waals surface area contributed by atoms with Gasteiger partial charge in [-0.2, -0.15) is 0 Å². The molecule has 2 saturated heterocycles. The van der Waals surface area contributed by atoms with Gasteiger partial charge in [0.25, 0.3) is 5.91 Å². The number of piperidine rings is 2. The minimum Gasteiger partial charge on any atom is -0.440 e. The van der Waals surface area contributed by atoms with Crippen molar-refractivity contribution in [3.8, 4) is 0 Å². The molecule has 0 bridgehead atoms. The van der Waals surface area contributed by atoms with E-state index in [0.717, 1.165) is 55.8 Å². The van der Waals surface area contributed by atoms with Crippen molar-refractivity contribution >= 4 is 53.4 Å². The maximum atomic E-state index is 13.0. The van der Waals surface area contributed by atoms with E-state index in [1.807, 2.05) is 23.1 Å². The number of amides is 1. The Morgan fingerprint density at radius 3 is 2.61 bits per heavy atom. The maximum Gasteiger partial charge on any atom is 0.254 e. The van der Waals surface area contributed by atoms with Crippen molar-refractivity contribution in [2.24, 2.45) is 0 Å². The molecule has 0 spiro atoms. The van der Waals surface area contributed by atoms with Crippen molar-refractivity contribution in [1.82, 2.24) is 15.2 Å². The lowest BCUT2D eigenvalue weighted by molar-refractivity contribution is -0.159. The first kappa shape index (κ1) is 23.2. The van der Waals surface area contributed by atoms with Crippen LogP contribution in [0.5, 0.6) is 0 Å². The summed E-state index contributed by atoms with van der Waals surface area (Å²) in [5.74, 6) is 1.11. The average Bonchev–Trinajstić information content (AvgIpc) is 3.11. The first-order valence-electron chi connectivity index (χ1n) is 9.22. The molecular weight excluding hydrogens is 425 g/mol. The molecule has 156 valence electrons. The van der Waals surface area contributed by atoms with Crippen LogP contribution in [-0.2, 0) is 9.53 Å². The first-order valence-corrected chi connectivity index (χ1v) is 9.60. The van der Waals surface area contributed by atoms with Gasteiger partial charge in [-0.05, 0) is 57.0 Å². The molecule has 2 aliphatic heterocycles. The predicted octanol–water partition coefficient (Wildman–Crippen LogP) is 3.80. The lowest BCUT2D eigenvalue weighted by Gasteiger charge is -2.41. The molecule has 0 atom stereocenters. The van der Waals surface area contributed by atoms with Crippen LogP contribution in [0.15, 0.2) is 22.6 Å². The largest absolute Gasteiger partial charge is 0.440 e. The molecule has 1 aromatic heterocycles. The number of hydrogen-bond donors (Lipinski definition) is 1. The van der Waals surface area contributed by atoms with Crippen LogP contribution in [0.4, 0.5) is 0 Å². The second-order valence-electron chi connectivity index (χ2n) is 7.18. The second-order valence-corrected chi connectivity index (χ2v) is 7.62. The second kappa shape index (κ2) is 9.63. The van der Waals surface area contributed by atoms with Gasteiger partial charge in [-0.1, -0.05) is 11.6 Å². The van der Waals surface area contributed by atoms with Crippen molar-refractivity contribution in [3.05, 3.63) is 29.1 Å². The van der Waals surface area contributed by atoms with E-state index in [4.69, 9.17) is 20.8 Å². The third-order valence-electron chi connectivity index (χ3n) is 5.69. The smallest absolute Gasteiger partial charge is 0.254 e. The van der Waals surface area contributed by atoms with Crippen molar-refractivity contribution in [3.63, 3.8) is 0 Å². The quantitative estimate of drug-likeness (QED) is 0.770. The molecule has 0 radical (unpaired) electrons. The van der Waals surface area contributed by atoms with Crippen LogP contribution in [0, 0.1) is 0 Å². The molecular formula is C19H26Cl3N3O3. The molecule has 1 N–H and O–H groups in total. The van der Waals surface area contributed by atoms with Crippen LogP contribution in [0.3, 0.4) is 0 Å². The lowest BCUT2D eigenvalue weighted by Crippen LogP contribution is -2.56. The van der Waals surface area contributed by atoms with E-state index in [2.05, 4.69) is 10.3 Å². The van der Waals surface area contributed by atoms with Crippen LogP contribution in [0.2, 0.25) is 5.02 Å². The summed E-state index contributed by atoms with van der Waals surface area (Å²) < 4.78 is 11.6. The summed E-state index contributed by atoms with van der Waals surface area (Å²) in [6.45, 7) is 3.06. The summed E-state index contributed by atoms with van der Waals surface area (Å²) in [4.78, 5) is 19.6. The van der Waals surface area contributed by atoms with Crippen LogP contribution < -0.4 is 5.32 Å². The highest BCUT2D eigenvalue weighted by molar-refractivity contribution is 6.31. The van der Waals surface area contributed by atoms with Gasteiger partial charge in [-0.3, -0.25) is 4.79 Å². The van der Waals surface area contributed by atoms with Crippen LogP contribution in [0.25, 0.3) is 11.1 Å². The number of nitrogens with zero attached hydrogens (tertiary/aromatic N) is 2.